The summed E-state index contributed by atoms with van der Waals surface area (Å²) in [6.07, 6.45) is 1.99. The van der Waals surface area contributed by atoms with Crippen LogP contribution in [0, 0.1) is 5.41 Å². The lowest BCUT2D eigenvalue weighted by Gasteiger charge is -2.38. The molecule has 1 spiro atoms. The molecule has 122 valence electrons. The van der Waals surface area contributed by atoms with Crippen LogP contribution in [-0.4, -0.2) is 45.7 Å². The summed E-state index contributed by atoms with van der Waals surface area (Å²) in [6, 6.07) is 6.36. The van der Waals surface area contributed by atoms with Crippen LogP contribution in [0.4, 0.5) is 0 Å². The summed E-state index contributed by atoms with van der Waals surface area (Å²) in [6.45, 7) is 0.676. The van der Waals surface area contributed by atoms with E-state index in [-0.39, 0.29) is 28.0 Å². The van der Waals surface area contributed by atoms with Crippen molar-refractivity contribution in [3.05, 3.63) is 29.3 Å². The van der Waals surface area contributed by atoms with Gasteiger partial charge in [-0.1, -0.05) is 23.7 Å². The lowest BCUT2D eigenvalue weighted by Crippen LogP contribution is -2.46. The number of rotatable bonds is 2. The molecule has 1 aromatic rings. The van der Waals surface area contributed by atoms with Gasteiger partial charge in [-0.05, 0) is 36.8 Å². The van der Waals surface area contributed by atoms with Gasteiger partial charge in [0, 0.05) is 13.1 Å². The van der Waals surface area contributed by atoms with Crippen LogP contribution in [0.25, 0.3) is 0 Å². The maximum absolute atomic E-state index is 12.8. The summed E-state index contributed by atoms with van der Waals surface area (Å²) in [7, 11) is -6.73. The van der Waals surface area contributed by atoms with Crippen molar-refractivity contribution in [3.63, 3.8) is 0 Å². The highest BCUT2D eigenvalue weighted by Gasteiger charge is 2.47. The van der Waals surface area contributed by atoms with E-state index in [9.17, 15) is 16.8 Å². The molecule has 2 saturated heterocycles. The van der Waals surface area contributed by atoms with Crippen LogP contribution >= 0.6 is 11.6 Å². The quantitative estimate of drug-likeness (QED) is 0.804. The molecule has 0 aromatic heterocycles. The van der Waals surface area contributed by atoms with Crippen LogP contribution in [0.2, 0.25) is 5.02 Å². The molecule has 2 aliphatic heterocycles. The highest BCUT2D eigenvalue weighted by molar-refractivity contribution is 7.91. The molecule has 0 amide bonds. The summed E-state index contributed by atoms with van der Waals surface area (Å²) in [4.78, 5) is 0.0922. The first kappa shape index (κ1) is 16.2. The Kier molecular flexibility index (Phi) is 4.04. The standard InChI is InChI=1S/C14H18ClNO4S2/c15-12-4-1-2-5-13(12)22(19,20)16-8-3-6-14(10-16)7-9-21(17,18)11-14/h1-2,4-5H,3,6-11H2. The molecule has 0 radical (unpaired) electrons. The summed E-state index contributed by atoms with van der Waals surface area (Å²) < 4.78 is 50.6. The van der Waals surface area contributed by atoms with Gasteiger partial charge in [0.15, 0.2) is 9.84 Å². The van der Waals surface area contributed by atoms with E-state index < -0.39 is 25.3 Å². The molecule has 2 fully saturated rings. The minimum Gasteiger partial charge on any atom is -0.229 e. The van der Waals surface area contributed by atoms with Gasteiger partial charge in [0.25, 0.3) is 0 Å². The Morgan fingerprint density at radius 2 is 1.91 bits per heavy atom. The second-order valence-corrected chi connectivity index (χ2v) is 10.7. The van der Waals surface area contributed by atoms with Gasteiger partial charge in [-0.25, -0.2) is 16.8 Å². The Bertz CT molecular complexity index is 791. The fraction of sp³-hybridized carbons (Fsp3) is 0.571. The average molecular weight is 364 g/mol. The van der Waals surface area contributed by atoms with Gasteiger partial charge in [-0.2, -0.15) is 4.31 Å². The van der Waals surface area contributed by atoms with Gasteiger partial charge >= 0.3 is 0 Å². The molecule has 22 heavy (non-hydrogen) atoms. The first-order valence-corrected chi connectivity index (χ1v) is 10.8. The highest BCUT2D eigenvalue weighted by atomic mass is 35.5. The molecule has 2 heterocycles. The van der Waals surface area contributed by atoms with E-state index in [2.05, 4.69) is 0 Å². The van der Waals surface area contributed by atoms with Crippen molar-refractivity contribution in [2.45, 2.75) is 24.2 Å². The summed E-state index contributed by atoms with van der Waals surface area (Å²) in [5, 5.41) is 0.196. The zero-order chi connectivity index (χ0) is 16.0. The average Bonchev–Trinajstić information content (AvgIpc) is 2.74. The first-order valence-electron chi connectivity index (χ1n) is 7.19. The van der Waals surface area contributed by atoms with Gasteiger partial charge < -0.3 is 0 Å². The molecule has 2 aliphatic rings. The van der Waals surface area contributed by atoms with Gasteiger partial charge in [0.2, 0.25) is 10.0 Å². The van der Waals surface area contributed by atoms with E-state index in [1.54, 1.807) is 18.2 Å². The Labute approximate surface area is 136 Å². The maximum Gasteiger partial charge on any atom is 0.244 e. The lowest BCUT2D eigenvalue weighted by atomic mass is 9.80. The van der Waals surface area contributed by atoms with Crippen LogP contribution in [0.3, 0.4) is 0 Å². The highest BCUT2D eigenvalue weighted by Crippen LogP contribution is 2.42. The minimum atomic E-state index is -3.69. The first-order chi connectivity index (χ1) is 10.2. The number of nitrogens with zero attached hydrogens (tertiary/aromatic N) is 1. The minimum absolute atomic E-state index is 0.0918. The van der Waals surface area contributed by atoms with Crippen molar-refractivity contribution >= 4 is 31.5 Å². The lowest BCUT2D eigenvalue weighted by molar-refractivity contribution is 0.173. The zero-order valence-electron chi connectivity index (χ0n) is 12.0. The van der Waals surface area contributed by atoms with Crippen LogP contribution in [-0.2, 0) is 19.9 Å². The van der Waals surface area contributed by atoms with E-state index in [0.29, 0.717) is 19.4 Å². The number of benzene rings is 1. The normalized spacial score (nSPS) is 29.0. The topological polar surface area (TPSA) is 71.5 Å². The Hall–Kier alpha value is -0.630. The molecule has 1 unspecified atom stereocenters. The third-order valence-electron chi connectivity index (χ3n) is 4.55. The number of sulfone groups is 1. The van der Waals surface area contributed by atoms with Crippen LogP contribution in [0.5, 0.6) is 0 Å². The second-order valence-electron chi connectivity index (χ2n) is 6.21. The van der Waals surface area contributed by atoms with Crippen molar-refractivity contribution in [1.29, 1.82) is 0 Å². The largest absolute Gasteiger partial charge is 0.244 e. The third kappa shape index (κ3) is 2.91. The SMILES string of the molecule is O=S1(=O)CCC2(CCCN(S(=O)(=O)c3ccccc3Cl)C2)C1. The number of hydrogen-bond acceptors (Lipinski definition) is 4. The molecule has 1 atom stereocenters. The van der Waals surface area contributed by atoms with Gasteiger partial charge in [0.05, 0.1) is 16.5 Å². The molecule has 0 bridgehead atoms. The fourth-order valence-corrected chi connectivity index (χ4v) is 7.75. The predicted molar refractivity (Wildman–Crippen MR) is 85.1 cm³/mol. The molecule has 1 aromatic carbocycles. The number of piperidine rings is 1. The van der Waals surface area contributed by atoms with Crippen molar-refractivity contribution < 1.29 is 16.8 Å². The summed E-state index contributed by atoms with van der Waals surface area (Å²) in [5.74, 6) is 0.252. The maximum atomic E-state index is 12.8. The molecular formula is C14H18ClNO4S2. The van der Waals surface area contributed by atoms with Crippen LogP contribution in [0.15, 0.2) is 29.2 Å². The van der Waals surface area contributed by atoms with E-state index >= 15 is 0 Å². The van der Waals surface area contributed by atoms with Gasteiger partial charge in [0.1, 0.15) is 4.90 Å². The smallest absolute Gasteiger partial charge is 0.229 e. The molecule has 3 rings (SSSR count). The fourth-order valence-electron chi connectivity index (χ4n) is 3.47. The Balaban J connectivity index is 1.91. The second kappa shape index (κ2) is 5.47. The number of halogens is 1. The van der Waals surface area contributed by atoms with Gasteiger partial charge in [-0.15, -0.1) is 0 Å². The Morgan fingerprint density at radius 1 is 1.18 bits per heavy atom. The summed E-state index contributed by atoms with van der Waals surface area (Å²) >= 11 is 6.02. The van der Waals surface area contributed by atoms with Crippen molar-refractivity contribution in [2.24, 2.45) is 5.41 Å². The van der Waals surface area contributed by atoms with E-state index in [1.165, 1.54) is 10.4 Å². The molecule has 0 saturated carbocycles. The van der Waals surface area contributed by atoms with Gasteiger partial charge in [-0.3, -0.25) is 0 Å². The van der Waals surface area contributed by atoms with Crippen LogP contribution in [0.1, 0.15) is 19.3 Å². The van der Waals surface area contributed by atoms with E-state index in [0.717, 1.165) is 6.42 Å². The molecule has 8 heteroatoms. The predicted octanol–water partition coefficient (Wildman–Crippen LogP) is 1.93. The molecule has 5 nitrogen and oxygen atoms in total. The zero-order valence-corrected chi connectivity index (χ0v) is 14.4. The molecule has 0 N–H and O–H groups in total. The van der Waals surface area contributed by atoms with Crippen molar-refractivity contribution in [2.75, 3.05) is 24.6 Å². The summed E-state index contributed by atoms with van der Waals surface area (Å²) in [5.41, 5.74) is -0.425. The van der Waals surface area contributed by atoms with E-state index in [1.807, 2.05) is 0 Å². The Morgan fingerprint density at radius 3 is 2.55 bits per heavy atom. The molecule has 0 aliphatic carbocycles. The monoisotopic (exact) mass is 363 g/mol. The van der Waals surface area contributed by atoms with Crippen LogP contribution < -0.4 is 0 Å². The third-order valence-corrected chi connectivity index (χ3v) is 8.77. The molecular weight excluding hydrogens is 346 g/mol. The van der Waals surface area contributed by atoms with Crippen molar-refractivity contribution in [1.82, 2.24) is 4.31 Å². The number of hydrogen-bond donors (Lipinski definition) is 0. The van der Waals surface area contributed by atoms with Crippen molar-refractivity contribution in [3.8, 4) is 0 Å². The van der Waals surface area contributed by atoms with E-state index in [4.69, 9.17) is 11.6 Å². The number of sulfonamides is 1.